The SMILES string of the molecule is NC(=O)CCC(NC(=O)CNC(=O)C(CC(=O)O)NC(=O)C(N)CC(=O)O)C(=O)O. The molecule has 15 heteroatoms. The minimum Gasteiger partial charge on any atom is -0.481 e. The molecule has 0 heterocycles. The molecule has 0 radical (unpaired) electrons. The van der Waals surface area contributed by atoms with Gasteiger partial charge in [-0.2, -0.15) is 0 Å². The van der Waals surface area contributed by atoms with Crippen molar-refractivity contribution < 1.29 is 48.9 Å². The molecular formula is C15H23N5O10. The van der Waals surface area contributed by atoms with Gasteiger partial charge in [-0.3, -0.25) is 28.8 Å². The first-order valence-corrected chi connectivity index (χ1v) is 8.41. The second-order valence-corrected chi connectivity index (χ2v) is 6.04. The zero-order valence-corrected chi connectivity index (χ0v) is 15.6. The third kappa shape index (κ3) is 11.2. The van der Waals surface area contributed by atoms with E-state index in [0.717, 1.165) is 0 Å². The van der Waals surface area contributed by atoms with E-state index in [0.29, 0.717) is 0 Å². The number of amides is 4. The molecule has 0 fully saturated rings. The molecule has 0 saturated carbocycles. The molecule has 15 nitrogen and oxygen atoms in total. The van der Waals surface area contributed by atoms with E-state index >= 15 is 0 Å². The highest BCUT2D eigenvalue weighted by Gasteiger charge is 2.28. The van der Waals surface area contributed by atoms with E-state index in [1.165, 1.54) is 0 Å². The lowest BCUT2D eigenvalue weighted by Crippen LogP contribution is -2.54. The van der Waals surface area contributed by atoms with E-state index in [9.17, 15) is 33.6 Å². The van der Waals surface area contributed by atoms with Crippen LogP contribution in [0.1, 0.15) is 25.7 Å². The number of rotatable bonds is 14. The van der Waals surface area contributed by atoms with Crippen LogP contribution in [0, 0.1) is 0 Å². The number of hydrogen-bond acceptors (Lipinski definition) is 8. The summed E-state index contributed by atoms with van der Waals surface area (Å²) in [7, 11) is 0. The third-order valence-corrected chi connectivity index (χ3v) is 3.48. The summed E-state index contributed by atoms with van der Waals surface area (Å²) in [6.45, 7) is -0.771. The molecule has 0 saturated heterocycles. The first-order chi connectivity index (χ1) is 13.8. The largest absolute Gasteiger partial charge is 0.481 e. The quantitative estimate of drug-likeness (QED) is 0.130. The van der Waals surface area contributed by atoms with Crippen LogP contribution in [-0.4, -0.2) is 81.5 Å². The van der Waals surface area contributed by atoms with E-state index in [1.54, 1.807) is 0 Å². The van der Waals surface area contributed by atoms with Gasteiger partial charge < -0.3 is 42.7 Å². The van der Waals surface area contributed by atoms with Crippen LogP contribution in [-0.2, 0) is 33.6 Å². The molecule has 0 aliphatic rings. The summed E-state index contributed by atoms with van der Waals surface area (Å²) in [6, 6.07) is -4.67. The predicted molar refractivity (Wildman–Crippen MR) is 95.4 cm³/mol. The molecule has 0 aromatic rings. The van der Waals surface area contributed by atoms with Crippen LogP contribution in [0.3, 0.4) is 0 Å². The molecule has 3 atom stereocenters. The average molecular weight is 433 g/mol. The standard InChI is InChI=1S/C15H23N5O10/c16-6(3-11(23)24)13(27)20-8(4-12(25)26)14(28)18-5-10(22)19-7(15(29)30)1-2-9(17)21/h6-8H,1-5,16H2,(H2,17,21)(H,18,28)(H,19,22)(H,20,27)(H,23,24)(H,25,26)(H,29,30). The maximum Gasteiger partial charge on any atom is 0.326 e. The second-order valence-electron chi connectivity index (χ2n) is 6.04. The number of nitrogens with one attached hydrogen (secondary N) is 3. The number of hydrogen-bond donors (Lipinski definition) is 8. The smallest absolute Gasteiger partial charge is 0.326 e. The molecule has 30 heavy (non-hydrogen) atoms. The number of primary amides is 1. The fraction of sp³-hybridized carbons (Fsp3) is 0.533. The van der Waals surface area contributed by atoms with Crippen molar-refractivity contribution in [2.24, 2.45) is 11.5 Å². The van der Waals surface area contributed by atoms with E-state index < -0.39 is 79.0 Å². The van der Waals surface area contributed by atoms with Crippen LogP contribution in [0.4, 0.5) is 0 Å². The van der Waals surface area contributed by atoms with E-state index in [4.69, 9.17) is 26.8 Å². The van der Waals surface area contributed by atoms with Gasteiger partial charge in [0.05, 0.1) is 25.4 Å². The third-order valence-electron chi connectivity index (χ3n) is 3.48. The number of carbonyl (C=O) groups excluding carboxylic acids is 4. The Balaban J connectivity index is 4.87. The van der Waals surface area contributed by atoms with Crippen LogP contribution in [0.15, 0.2) is 0 Å². The van der Waals surface area contributed by atoms with Crippen LogP contribution >= 0.6 is 0 Å². The number of carboxylic acid groups (broad SMARTS) is 3. The molecule has 0 spiro atoms. The van der Waals surface area contributed by atoms with E-state index in [-0.39, 0.29) is 12.8 Å². The lowest BCUT2D eigenvalue weighted by molar-refractivity contribution is -0.143. The lowest BCUT2D eigenvalue weighted by atomic mass is 10.1. The van der Waals surface area contributed by atoms with Crippen molar-refractivity contribution >= 4 is 41.5 Å². The molecule has 0 bridgehead atoms. The molecular weight excluding hydrogens is 410 g/mol. The fourth-order valence-electron chi connectivity index (χ4n) is 2.02. The van der Waals surface area contributed by atoms with Crippen LogP contribution in [0.5, 0.6) is 0 Å². The normalized spacial score (nSPS) is 13.2. The van der Waals surface area contributed by atoms with Gasteiger partial charge in [0.15, 0.2) is 0 Å². The lowest BCUT2D eigenvalue weighted by Gasteiger charge is -2.19. The van der Waals surface area contributed by atoms with Gasteiger partial charge in [-0.25, -0.2) is 4.79 Å². The summed E-state index contributed by atoms with van der Waals surface area (Å²) >= 11 is 0. The van der Waals surface area contributed by atoms with Crippen LogP contribution < -0.4 is 27.4 Å². The van der Waals surface area contributed by atoms with Gasteiger partial charge in [-0.05, 0) is 6.42 Å². The van der Waals surface area contributed by atoms with Crippen molar-refractivity contribution in [3.8, 4) is 0 Å². The summed E-state index contributed by atoms with van der Waals surface area (Å²) in [4.78, 5) is 78.9. The molecule has 0 rings (SSSR count). The zero-order valence-electron chi connectivity index (χ0n) is 15.6. The number of nitrogens with two attached hydrogens (primary N) is 2. The van der Waals surface area contributed by atoms with Crippen molar-refractivity contribution in [1.29, 1.82) is 0 Å². The van der Waals surface area contributed by atoms with Crippen molar-refractivity contribution in [2.75, 3.05) is 6.54 Å². The Morgan fingerprint density at radius 3 is 1.83 bits per heavy atom. The van der Waals surface area contributed by atoms with Crippen molar-refractivity contribution in [3.63, 3.8) is 0 Å². The van der Waals surface area contributed by atoms with Gasteiger partial charge in [0.1, 0.15) is 12.1 Å². The molecule has 4 amide bonds. The van der Waals surface area contributed by atoms with Crippen molar-refractivity contribution in [1.82, 2.24) is 16.0 Å². The monoisotopic (exact) mass is 433 g/mol. The Morgan fingerprint density at radius 1 is 0.800 bits per heavy atom. The Morgan fingerprint density at radius 2 is 1.37 bits per heavy atom. The fourth-order valence-corrected chi connectivity index (χ4v) is 2.02. The van der Waals surface area contributed by atoms with Gasteiger partial charge in [-0.1, -0.05) is 0 Å². The highest BCUT2D eigenvalue weighted by Crippen LogP contribution is 1.98. The number of aliphatic carboxylic acids is 3. The Bertz CT molecular complexity index is 710. The van der Waals surface area contributed by atoms with Gasteiger partial charge in [0.2, 0.25) is 23.6 Å². The molecule has 0 aromatic heterocycles. The topological polar surface area (TPSA) is 268 Å². The second kappa shape index (κ2) is 12.7. The molecule has 3 unspecified atom stereocenters. The molecule has 0 aliphatic heterocycles. The molecule has 0 aliphatic carbocycles. The highest BCUT2D eigenvalue weighted by atomic mass is 16.4. The summed E-state index contributed by atoms with van der Waals surface area (Å²) in [5.41, 5.74) is 10.2. The maximum atomic E-state index is 12.1. The number of carboxylic acids is 3. The maximum absolute atomic E-state index is 12.1. The first kappa shape index (κ1) is 26.2. The Labute approximate surface area is 169 Å². The van der Waals surface area contributed by atoms with Gasteiger partial charge in [0.25, 0.3) is 0 Å². The summed E-state index contributed by atoms with van der Waals surface area (Å²) in [6.07, 6.45) is -2.26. The first-order valence-electron chi connectivity index (χ1n) is 8.41. The van der Waals surface area contributed by atoms with Crippen LogP contribution in [0.2, 0.25) is 0 Å². The van der Waals surface area contributed by atoms with Crippen molar-refractivity contribution in [2.45, 2.75) is 43.8 Å². The van der Waals surface area contributed by atoms with Crippen LogP contribution in [0.25, 0.3) is 0 Å². The predicted octanol–water partition coefficient (Wildman–Crippen LogP) is -4.30. The number of carbonyl (C=O) groups is 7. The summed E-state index contributed by atoms with van der Waals surface area (Å²) in [5.74, 6) is -8.27. The Kier molecular flexibility index (Phi) is 11.1. The minimum atomic E-state index is -1.67. The van der Waals surface area contributed by atoms with Gasteiger partial charge in [0, 0.05) is 6.42 Å². The van der Waals surface area contributed by atoms with Gasteiger partial charge in [-0.15, -0.1) is 0 Å². The minimum absolute atomic E-state index is 0.288. The van der Waals surface area contributed by atoms with Gasteiger partial charge >= 0.3 is 17.9 Å². The molecule has 10 N–H and O–H groups in total. The van der Waals surface area contributed by atoms with E-state index in [2.05, 4.69) is 0 Å². The Hall–Kier alpha value is -3.75. The van der Waals surface area contributed by atoms with E-state index in [1.807, 2.05) is 16.0 Å². The summed E-state index contributed by atoms with van der Waals surface area (Å²) < 4.78 is 0. The average Bonchev–Trinajstić information content (AvgIpc) is 2.60. The van der Waals surface area contributed by atoms with Crippen molar-refractivity contribution in [3.05, 3.63) is 0 Å². The zero-order chi connectivity index (χ0) is 23.4. The molecule has 0 aromatic carbocycles. The highest BCUT2D eigenvalue weighted by molar-refractivity contribution is 5.95. The summed E-state index contributed by atoms with van der Waals surface area (Å²) in [5, 5.41) is 32.5. The molecule has 168 valence electrons.